The van der Waals surface area contributed by atoms with Gasteiger partial charge in [0, 0.05) is 13.0 Å². The Morgan fingerprint density at radius 2 is 2.28 bits per heavy atom. The van der Waals surface area contributed by atoms with E-state index in [1.54, 1.807) is 11.8 Å². The summed E-state index contributed by atoms with van der Waals surface area (Å²) in [7, 11) is 0. The van der Waals surface area contributed by atoms with E-state index in [0.717, 1.165) is 0 Å². The summed E-state index contributed by atoms with van der Waals surface area (Å²) in [5.74, 6) is 0.374. The Hall–Kier alpha value is -1.92. The smallest absolute Gasteiger partial charge is 0.245 e. The minimum Gasteiger partial charge on any atom is -0.343 e. The highest BCUT2D eigenvalue weighted by Gasteiger charge is 2.37. The van der Waals surface area contributed by atoms with Crippen LogP contribution in [0.3, 0.4) is 0 Å². The Kier molecular flexibility index (Phi) is 3.59. The van der Waals surface area contributed by atoms with E-state index < -0.39 is 12.1 Å². The molecule has 1 saturated heterocycles. The molecule has 0 saturated carbocycles. The highest BCUT2D eigenvalue weighted by molar-refractivity contribution is 5.96. The van der Waals surface area contributed by atoms with Crippen LogP contribution in [0.1, 0.15) is 26.1 Å². The largest absolute Gasteiger partial charge is 0.343 e. The Bertz CT molecular complexity index is 432. The average molecular weight is 252 g/mol. The second-order valence-electron chi connectivity index (χ2n) is 4.28. The molecule has 0 aromatic carbocycles. The number of carbonyl (C=O) groups excluding carboxylic acids is 2. The Balaban J connectivity index is 2.06. The van der Waals surface area contributed by atoms with Gasteiger partial charge in [0.15, 0.2) is 5.82 Å². The van der Waals surface area contributed by atoms with E-state index in [1.165, 1.54) is 6.39 Å². The molecule has 2 amide bonds. The quantitative estimate of drug-likeness (QED) is 0.797. The monoisotopic (exact) mass is 252 g/mol. The molecule has 2 unspecified atom stereocenters. The van der Waals surface area contributed by atoms with Crippen LogP contribution in [0.5, 0.6) is 0 Å². The van der Waals surface area contributed by atoms with Crippen molar-refractivity contribution in [1.29, 1.82) is 0 Å². The molecule has 18 heavy (non-hydrogen) atoms. The number of nitrogens with zero attached hydrogens (tertiary/aromatic N) is 3. The van der Waals surface area contributed by atoms with Crippen molar-refractivity contribution >= 4 is 11.8 Å². The molecule has 1 aromatic rings. The van der Waals surface area contributed by atoms with Gasteiger partial charge in [-0.3, -0.25) is 9.59 Å². The first kappa shape index (κ1) is 12.5. The topological polar surface area (TPSA) is 88.3 Å². The highest BCUT2D eigenvalue weighted by atomic mass is 16.5. The minimum absolute atomic E-state index is 0.0649. The van der Waals surface area contributed by atoms with Gasteiger partial charge >= 0.3 is 0 Å². The van der Waals surface area contributed by atoms with Crippen LogP contribution >= 0.6 is 0 Å². The summed E-state index contributed by atoms with van der Waals surface area (Å²) in [6.07, 6.45) is 2.33. The molecule has 98 valence electrons. The summed E-state index contributed by atoms with van der Waals surface area (Å²) >= 11 is 0. The Labute approximate surface area is 105 Å². The van der Waals surface area contributed by atoms with Crippen LogP contribution in [-0.2, 0) is 16.0 Å². The fourth-order valence-electron chi connectivity index (χ4n) is 2.11. The van der Waals surface area contributed by atoms with Gasteiger partial charge in [-0.15, -0.1) is 0 Å². The lowest BCUT2D eigenvalue weighted by Gasteiger charge is -2.37. The third-order valence-corrected chi connectivity index (χ3v) is 3.06. The average Bonchev–Trinajstić information content (AvgIpc) is 2.85. The number of nitrogens with one attached hydrogen (secondary N) is 1. The summed E-state index contributed by atoms with van der Waals surface area (Å²) in [5.41, 5.74) is 0. The predicted octanol–water partition coefficient (Wildman–Crippen LogP) is -0.262. The van der Waals surface area contributed by atoms with Gasteiger partial charge in [0.25, 0.3) is 0 Å². The zero-order valence-electron chi connectivity index (χ0n) is 10.4. The predicted molar refractivity (Wildman–Crippen MR) is 61.4 cm³/mol. The van der Waals surface area contributed by atoms with Crippen molar-refractivity contribution in [2.24, 2.45) is 0 Å². The highest BCUT2D eigenvalue weighted by Crippen LogP contribution is 2.13. The van der Waals surface area contributed by atoms with E-state index in [2.05, 4.69) is 20.0 Å². The lowest BCUT2D eigenvalue weighted by Crippen LogP contribution is -2.62. The lowest BCUT2D eigenvalue weighted by molar-refractivity contribution is -0.148. The van der Waals surface area contributed by atoms with E-state index in [-0.39, 0.29) is 11.8 Å². The van der Waals surface area contributed by atoms with Crippen molar-refractivity contribution in [2.75, 3.05) is 6.54 Å². The standard InChI is InChI=1S/C11H16N4O3/c1-3-8-10(16)13-7(2)11(17)15(8)5-4-9-12-6-18-14-9/h6-8H,3-5H2,1-2H3,(H,13,16). The molecule has 1 fully saturated rings. The van der Waals surface area contributed by atoms with E-state index >= 15 is 0 Å². The number of aromatic nitrogens is 2. The summed E-state index contributed by atoms with van der Waals surface area (Å²) < 4.78 is 4.63. The number of piperazine rings is 1. The molecule has 1 aliphatic rings. The number of carbonyl (C=O) groups is 2. The molecule has 7 nitrogen and oxygen atoms in total. The summed E-state index contributed by atoms with van der Waals surface area (Å²) in [4.78, 5) is 29.3. The van der Waals surface area contributed by atoms with E-state index in [0.29, 0.717) is 25.2 Å². The minimum atomic E-state index is -0.467. The molecule has 2 rings (SSSR count). The molecule has 0 radical (unpaired) electrons. The first-order chi connectivity index (χ1) is 8.63. The van der Waals surface area contributed by atoms with Crippen molar-refractivity contribution < 1.29 is 14.1 Å². The van der Waals surface area contributed by atoms with E-state index in [9.17, 15) is 9.59 Å². The molecule has 2 heterocycles. The second kappa shape index (κ2) is 5.16. The van der Waals surface area contributed by atoms with Crippen molar-refractivity contribution in [1.82, 2.24) is 20.4 Å². The van der Waals surface area contributed by atoms with Crippen LogP contribution in [0, 0.1) is 0 Å². The number of hydrogen-bond acceptors (Lipinski definition) is 5. The van der Waals surface area contributed by atoms with Crippen molar-refractivity contribution in [3.05, 3.63) is 12.2 Å². The van der Waals surface area contributed by atoms with Gasteiger partial charge in [-0.2, -0.15) is 4.98 Å². The maximum atomic E-state index is 12.0. The zero-order chi connectivity index (χ0) is 13.1. The van der Waals surface area contributed by atoms with Gasteiger partial charge in [0.1, 0.15) is 12.1 Å². The van der Waals surface area contributed by atoms with Crippen LogP contribution in [-0.4, -0.2) is 45.5 Å². The van der Waals surface area contributed by atoms with Crippen LogP contribution in [0.25, 0.3) is 0 Å². The molecule has 2 atom stereocenters. The van der Waals surface area contributed by atoms with Gasteiger partial charge in [-0.1, -0.05) is 12.1 Å². The SMILES string of the molecule is CCC1C(=O)NC(C)C(=O)N1CCc1ncon1. The summed E-state index contributed by atoms with van der Waals surface area (Å²) in [6, 6.07) is -0.869. The number of amides is 2. The molecule has 1 aromatic heterocycles. The molecule has 1 aliphatic heterocycles. The second-order valence-corrected chi connectivity index (χ2v) is 4.28. The van der Waals surface area contributed by atoms with Crippen LogP contribution in [0.2, 0.25) is 0 Å². The van der Waals surface area contributed by atoms with Gasteiger partial charge < -0.3 is 14.7 Å². The maximum Gasteiger partial charge on any atom is 0.245 e. The molecule has 0 aliphatic carbocycles. The maximum absolute atomic E-state index is 12.0. The summed E-state index contributed by atoms with van der Waals surface area (Å²) in [5, 5.41) is 6.36. The van der Waals surface area contributed by atoms with Crippen molar-refractivity contribution in [2.45, 2.75) is 38.8 Å². The van der Waals surface area contributed by atoms with Crippen molar-refractivity contribution in [3.63, 3.8) is 0 Å². The Morgan fingerprint density at radius 3 is 2.89 bits per heavy atom. The van der Waals surface area contributed by atoms with E-state index in [4.69, 9.17) is 0 Å². The fraction of sp³-hybridized carbons (Fsp3) is 0.636. The van der Waals surface area contributed by atoms with Crippen LogP contribution in [0.15, 0.2) is 10.9 Å². The van der Waals surface area contributed by atoms with Gasteiger partial charge in [-0.05, 0) is 13.3 Å². The Morgan fingerprint density at radius 1 is 1.50 bits per heavy atom. The molecule has 1 N–H and O–H groups in total. The first-order valence-electron chi connectivity index (χ1n) is 5.99. The van der Waals surface area contributed by atoms with Gasteiger partial charge in [-0.25, -0.2) is 0 Å². The van der Waals surface area contributed by atoms with Crippen LogP contribution < -0.4 is 5.32 Å². The summed E-state index contributed by atoms with van der Waals surface area (Å²) in [6.45, 7) is 4.00. The number of rotatable bonds is 4. The zero-order valence-corrected chi connectivity index (χ0v) is 10.4. The third-order valence-electron chi connectivity index (χ3n) is 3.06. The molecular formula is C11H16N4O3. The normalized spacial score (nSPS) is 24.2. The molecule has 0 spiro atoms. The number of hydrogen-bond donors (Lipinski definition) is 1. The molecule has 7 heteroatoms. The molecular weight excluding hydrogens is 236 g/mol. The van der Waals surface area contributed by atoms with Crippen LogP contribution in [0.4, 0.5) is 0 Å². The third kappa shape index (κ3) is 2.34. The lowest BCUT2D eigenvalue weighted by atomic mass is 10.1. The van der Waals surface area contributed by atoms with Gasteiger partial charge in [0.05, 0.1) is 0 Å². The van der Waals surface area contributed by atoms with Gasteiger partial charge in [0.2, 0.25) is 18.2 Å². The van der Waals surface area contributed by atoms with Crippen molar-refractivity contribution in [3.8, 4) is 0 Å². The first-order valence-corrected chi connectivity index (χ1v) is 5.99. The fourth-order valence-corrected chi connectivity index (χ4v) is 2.11. The molecule has 0 bridgehead atoms. The van der Waals surface area contributed by atoms with E-state index in [1.807, 2.05) is 6.92 Å².